The fourth-order valence-electron chi connectivity index (χ4n) is 2.41. The van der Waals surface area contributed by atoms with Gasteiger partial charge in [0.1, 0.15) is 6.54 Å². The number of H-pyrrole nitrogens is 1. The molecule has 0 saturated carbocycles. The van der Waals surface area contributed by atoms with E-state index in [2.05, 4.69) is 32.0 Å². The number of rotatable bonds is 4. The maximum absolute atomic E-state index is 12.2. The highest BCUT2D eigenvalue weighted by molar-refractivity contribution is 5.84. The van der Waals surface area contributed by atoms with Crippen molar-refractivity contribution in [1.82, 2.24) is 30.5 Å². The van der Waals surface area contributed by atoms with E-state index in [1.165, 1.54) is 0 Å². The molecule has 0 aliphatic rings. The Kier molecular flexibility index (Phi) is 3.39. The van der Waals surface area contributed by atoms with Gasteiger partial charge < -0.3 is 9.88 Å². The van der Waals surface area contributed by atoms with Gasteiger partial charge in [-0.05, 0) is 31.4 Å². The monoisotopic (exact) mass is 284 g/mol. The van der Waals surface area contributed by atoms with Crippen molar-refractivity contribution in [2.24, 2.45) is 0 Å². The number of fused-ring (bicyclic) bond motifs is 1. The van der Waals surface area contributed by atoms with Gasteiger partial charge in [-0.15, -0.1) is 10.2 Å². The first-order chi connectivity index (χ1) is 10.1. The van der Waals surface area contributed by atoms with Gasteiger partial charge in [0, 0.05) is 11.2 Å². The molecule has 21 heavy (non-hydrogen) atoms. The topological polar surface area (TPSA) is 88.5 Å². The molecule has 2 heterocycles. The third kappa shape index (κ3) is 2.62. The highest BCUT2D eigenvalue weighted by atomic mass is 16.2. The van der Waals surface area contributed by atoms with E-state index in [-0.39, 0.29) is 18.5 Å². The summed E-state index contributed by atoms with van der Waals surface area (Å²) in [6.07, 6.45) is 0. The Morgan fingerprint density at radius 3 is 3.00 bits per heavy atom. The lowest BCUT2D eigenvalue weighted by Crippen LogP contribution is -2.30. The Morgan fingerprint density at radius 1 is 1.43 bits per heavy atom. The van der Waals surface area contributed by atoms with E-state index >= 15 is 0 Å². The molecule has 0 aliphatic carbocycles. The number of aromatic nitrogens is 5. The molecule has 0 bridgehead atoms. The van der Waals surface area contributed by atoms with Crippen LogP contribution < -0.4 is 5.32 Å². The molecule has 108 valence electrons. The van der Waals surface area contributed by atoms with E-state index in [1.807, 2.05) is 42.7 Å². The Balaban J connectivity index is 1.76. The van der Waals surface area contributed by atoms with Crippen LogP contribution in [0.25, 0.3) is 10.9 Å². The van der Waals surface area contributed by atoms with Gasteiger partial charge in [0.25, 0.3) is 0 Å². The minimum atomic E-state index is -0.279. The molecule has 1 aromatic carbocycles. The lowest BCUT2D eigenvalue weighted by Gasteiger charge is -2.12. The number of aromatic amines is 1. The van der Waals surface area contributed by atoms with Crippen LogP contribution >= 0.6 is 0 Å². The second kappa shape index (κ2) is 5.35. The van der Waals surface area contributed by atoms with Crippen molar-refractivity contribution in [3.63, 3.8) is 0 Å². The summed E-state index contributed by atoms with van der Waals surface area (Å²) in [5, 5.41) is 17.6. The Morgan fingerprint density at radius 2 is 2.24 bits per heavy atom. The van der Waals surface area contributed by atoms with Crippen LogP contribution in [0.5, 0.6) is 0 Å². The van der Waals surface area contributed by atoms with Crippen molar-refractivity contribution in [1.29, 1.82) is 0 Å². The SMILES string of the molecule is Cc1cc2ccccc2n1CC(=O)NC(C)c1nn[nH]n1. The van der Waals surface area contributed by atoms with E-state index in [1.54, 1.807) is 0 Å². The van der Waals surface area contributed by atoms with Gasteiger partial charge in [-0.1, -0.05) is 23.4 Å². The highest BCUT2D eigenvalue weighted by Crippen LogP contribution is 2.19. The first-order valence-corrected chi connectivity index (χ1v) is 6.72. The molecule has 2 aromatic heterocycles. The number of nitrogens with one attached hydrogen (secondary N) is 2. The quantitative estimate of drug-likeness (QED) is 0.756. The Hall–Kier alpha value is -2.70. The van der Waals surface area contributed by atoms with E-state index in [0.717, 1.165) is 16.6 Å². The first-order valence-electron chi connectivity index (χ1n) is 6.72. The van der Waals surface area contributed by atoms with Crippen LogP contribution in [-0.2, 0) is 11.3 Å². The average molecular weight is 284 g/mol. The lowest BCUT2D eigenvalue weighted by atomic mass is 10.2. The van der Waals surface area contributed by atoms with Crippen molar-refractivity contribution in [3.8, 4) is 0 Å². The third-order valence-electron chi connectivity index (χ3n) is 3.45. The van der Waals surface area contributed by atoms with Gasteiger partial charge in [0.05, 0.1) is 6.04 Å². The number of para-hydroxylation sites is 1. The number of benzene rings is 1. The number of tetrazole rings is 1. The van der Waals surface area contributed by atoms with Crippen molar-refractivity contribution >= 4 is 16.8 Å². The summed E-state index contributed by atoms with van der Waals surface area (Å²) in [6, 6.07) is 9.81. The van der Waals surface area contributed by atoms with Crippen molar-refractivity contribution in [2.45, 2.75) is 26.4 Å². The van der Waals surface area contributed by atoms with Crippen molar-refractivity contribution < 1.29 is 4.79 Å². The second-order valence-corrected chi connectivity index (χ2v) is 4.99. The van der Waals surface area contributed by atoms with Crippen LogP contribution in [0.15, 0.2) is 30.3 Å². The molecule has 7 heteroatoms. The lowest BCUT2D eigenvalue weighted by molar-refractivity contribution is -0.122. The van der Waals surface area contributed by atoms with Gasteiger partial charge >= 0.3 is 0 Å². The Bertz CT molecular complexity index is 761. The molecular weight excluding hydrogens is 268 g/mol. The smallest absolute Gasteiger partial charge is 0.240 e. The number of hydrogen-bond donors (Lipinski definition) is 2. The van der Waals surface area contributed by atoms with Gasteiger partial charge in [0.2, 0.25) is 5.91 Å². The fourth-order valence-corrected chi connectivity index (χ4v) is 2.41. The van der Waals surface area contributed by atoms with Crippen LogP contribution in [0.3, 0.4) is 0 Å². The number of carbonyl (C=O) groups is 1. The number of amides is 1. The molecule has 7 nitrogen and oxygen atoms in total. The predicted molar refractivity (Wildman–Crippen MR) is 77.4 cm³/mol. The first kappa shape index (κ1) is 13.3. The highest BCUT2D eigenvalue weighted by Gasteiger charge is 2.15. The summed E-state index contributed by atoms with van der Waals surface area (Å²) in [5.74, 6) is 0.384. The van der Waals surface area contributed by atoms with Crippen molar-refractivity contribution in [2.75, 3.05) is 0 Å². The Labute approximate surface area is 121 Å². The number of hydrogen-bond acceptors (Lipinski definition) is 4. The zero-order valence-electron chi connectivity index (χ0n) is 11.9. The molecule has 0 aliphatic heterocycles. The summed E-state index contributed by atoms with van der Waals surface area (Å²) in [5.41, 5.74) is 2.11. The van der Waals surface area contributed by atoms with Gasteiger partial charge in [0.15, 0.2) is 5.82 Å². The van der Waals surface area contributed by atoms with Gasteiger partial charge in [-0.2, -0.15) is 5.21 Å². The van der Waals surface area contributed by atoms with Crippen LogP contribution in [0.4, 0.5) is 0 Å². The zero-order valence-corrected chi connectivity index (χ0v) is 11.9. The molecule has 0 saturated heterocycles. The molecule has 3 aromatic rings. The maximum atomic E-state index is 12.2. The molecule has 1 amide bonds. The van der Waals surface area contributed by atoms with E-state index < -0.39 is 0 Å². The zero-order chi connectivity index (χ0) is 14.8. The molecular formula is C14H16N6O. The fraction of sp³-hybridized carbons (Fsp3) is 0.286. The molecule has 3 rings (SSSR count). The molecule has 0 spiro atoms. The van der Waals surface area contributed by atoms with Crippen LogP contribution in [0, 0.1) is 6.92 Å². The molecule has 0 fully saturated rings. The normalized spacial score (nSPS) is 12.5. The van der Waals surface area contributed by atoms with E-state index in [4.69, 9.17) is 0 Å². The standard InChI is InChI=1S/C14H16N6O/c1-9-7-11-5-3-4-6-12(11)20(9)8-13(21)15-10(2)14-16-18-19-17-14/h3-7,10H,8H2,1-2H3,(H,15,21)(H,16,17,18,19). The van der Waals surface area contributed by atoms with Gasteiger partial charge in [-0.3, -0.25) is 4.79 Å². The van der Waals surface area contributed by atoms with Crippen LogP contribution in [-0.4, -0.2) is 31.1 Å². The van der Waals surface area contributed by atoms with Crippen molar-refractivity contribution in [3.05, 3.63) is 41.9 Å². The minimum Gasteiger partial charge on any atom is -0.345 e. The minimum absolute atomic E-state index is 0.0863. The molecule has 2 N–H and O–H groups in total. The number of nitrogens with zero attached hydrogens (tertiary/aromatic N) is 4. The number of aryl methyl sites for hydroxylation is 1. The largest absolute Gasteiger partial charge is 0.345 e. The summed E-state index contributed by atoms with van der Waals surface area (Å²) in [6.45, 7) is 4.08. The maximum Gasteiger partial charge on any atom is 0.240 e. The summed E-state index contributed by atoms with van der Waals surface area (Å²) in [7, 11) is 0. The average Bonchev–Trinajstić information content (AvgIpc) is 3.08. The molecule has 0 radical (unpaired) electrons. The summed E-state index contributed by atoms with van der Waals surface area (Å²) in [4.78, 5) is 12.2. The van der Waals surface area contributed by atoms with Crippen LogP contribution in [0.1, 0.15) is 24.5 Å². The molecule has 1 atom stereocenters. The van der Waals surface area contributed by atoms with Gasteiger partial charge in [-0.25, -0.2) is 0 Å². The second-order valence-electron chi connectivity index (χ2n) is 4.99. The van der Waals surface area contributed by atoms with E-state index in [9.17, 15) is 4.79 Å². The van der Waals surface area contributed by atoms with Crippen LogP contribution in [0.2, 0.25) is 0 Å². The van der Waals surface area contributed by atoms with E-state index in [0.29, 0.717) is 5.82 Å². The third-order valence-corrected chi connectivity index (χ3v) is 3.45. The molecule has 1 unspecified atom stereocenters. The predicted octanol–water partition coefficient (Wildman–Crippen LogP) is 1.34. The summed E-state index contributed by atoms with van der Waals surface area (Å²) < 4.78 is 1.99. The summed E-state index contributed by atoms with van der Waals surface area (Å²) >= 11 is 0. The number of carbonyl (C=O) groups excluding carboxylic acids is 1.